The Bertz CT molecular complexity index is 806. The van der Waals surface area contributed by atoms with E-state index in [1.807, 2.05) is 25.4 Å². The van der Waals surface area contributed by atoms with Gasteiger partial charge in [-0.05, 0) is 44.1 Å². The van der Waals surface area contributed by atoms with Crippen molar-refractivity contribution >= 4 is 5.95 Å². The summed E-state index contributed by atoms with van der Waals surface area (Å²) in [5, 5.41) is 0. The van der Waals surface area contributed by atoms with Gasteiger partial charge in [-0.2, -0.15) is 0 Å². The van der Waals surface area contributed by atoms with Gasteiger partial charge in [-0.3, -0.25) is 4.90 Å². The first-order chi connectivity index (χ1) is 15.0. The Kier molecular flexibility index (Phi) is 4.81. The van der Waals surface area contributed by atoms with E-state index in [1.54, 1.807) is 0 Å². The molecule has 0 radical (unpaired) electrons. The summed E-state index contributed by atoms with van der Waals surface area (Å²) in [6.45, 7) is 10.3. The van der Waals surface area contributed by atoms with Crippen LogP contribution in [0.1, 0.15) is 46.5 Å². The fourth-order valence-corrected chi connectivity index (χ4v) is 6.93. The maximum Gasteiger partial charge on any atom is 0.225 e. The zero-order chi connectivity index (χ0) is 21.2. The van der Waals surface area contributed by atoms with Crippen LogP contribution in [-0.2, 0) is 19.2 Å². The van der Waals surface area contributed by atoms with Crippen molar-refractivity contribution in [1.29, 1.82) is 0 Å². The second-order valence-electron chi connectivity index (χ2n) is 10.4. The average molecular weight is 431 g/mol. The average Bonchev–Trinajstić information content (AvgIpc) is 3.03. The van der Waals surface area contributed by atoms with Crippen LogP contribution in [0, 0.1) is 23.7 Å². The predicted octanol–water partition coefficient (Wildman–Crippen LogP) is 2.81. The highest BCUT2D eigenvalue weighted by Crippen LogP contribution is 2.60. The Labute approximate surface area is 184 Å². The van der Waals surface area contributed by atoms with Crippen LogP contribution in [0.15, 0.2) is 18.5 Å². The fourth-order valence-electron chi connectivity index (χ4n) is 6.93. The lowest BCUT2D eigenvalue weighted by atomic mass is 9.58. The van der Waals surface area contributed by atoms with Crippen molar-refractivity contribution < 1.29 is 19.2 Å². The van der Waals surface area contributed by atoms with Crippen LogP contribution in [-0.4, -0.2) is 65.0 Å². The molecule has 6 heterocycles. The van der Waals surface area contributed by atoms with Gasteiger partial charge in [0, 0.05) is 56.8 Å². The largest absolute Gasteiger partial charge is 0.338 e. The highest BCUT2D eigenvalue weighted by Gasteiger charge is 2.69. The molecular weight excluding hydrogens is 396 g/mol. The first-order valence-corrected chi connectivity index (χ1v) is 12.0. The molecule has 6 fully saturated rings. The molecule has 5 aliphatic heterocycles. The van der Waals surface area contributed by atoms with Gasteiger partial charge >= 0.3 is 0 Å². The van der Waals surface area contributed by atoms with Gasteiger partial charge in [0.2, 0.25) is 11.7 Å². The third-order valence-corrected chi connectivity index (χ3v) is 8.63. The van der Waals surface area contributed by atoms with E-state index < -0.39 is 11.4 Å². The number of nitrogens with zero attached hydrogens (tertiary/aromatic N) is 4. The van der Waals surface area contributed by atoms with E-state index >= 15 is 0 Å². The molecule has 1 saturated carbocycles. The predicted molar refractivity (Wildman–Crippen MR) is 113 cm³/mol. The van der Waals surface area contributed by atoms with Crippen molar-refractivity contribution in [3.05, 3.63) is 18.5 Å². The van der Waals surface area contributed by atoms with Gasteiger partial charge in [0.25, 0.3) is 0 Å². The number of fused-ring (bicyclic) bond motifs is 2. The summed E-state index contributed by atoms with van der Waals surface area (Å²) in [4.78, 5) is 25.8. The topological polar surface area (TPSA) is 69.2 Å². The quantitative estimate of drug-likeness (QED) is 0.664. The zero-order valence-corrected chi connectivity index (χ0v) is 18.8. The standard InChI is InChI=1S/C23H34N4O4/c1-15-5-6-18-16(2)19(26-11-13-27(14-12-26)21-24-9-4-10-25-21)28-20-23(18)17(15)7-8-22(3,29-20)30-31-23/h4,9-10,15-20H,5-8,11-14H2,1-3H3/t15-,16-,17+,18+,19-,20-,22-,23-/m1/s1. The third kappa shape index (κ3) is 3.06. The number of hydrogen-bond donors (Lipinski definition) is 0. The SMILES string of the molecule is C[C@H]1[C@H](N2CCN(c3ncccn3)CC2)O[C@@H]2O[C@@]3(C)CC[C@H]4[C@H](C)CC[C@@H]1[C@@]24OO3. The molecule has 0 amide bonds. The fraction of sp³-hybridized carbons (Fsp3) is 0.826. The van der Waals surface area contributed by atoms with Crippen LogP contribution in [0.2, 0.25) is 0 Å². The van der Waals surface area contributed by atoms with Crippen LogP contribution in [0.25, 0.3) is 0 Å². The second-order valence-corrected chi connectivity index (χ2v) is 10.4. The minimum atomic E-state index is -0.716. The van der Waals surface area contributed by atoms with Gasteiger partial charge in [0.05, 0.1) is 0 Å². The summed E-state index contributed by atoms with van der Waals surface area (Å²) < 4.78 is 13.3. The molecule has 0 aromatic carbocycles. The van der Waals surface area contributed by atoms with Crippen molar-refractivity contribution in [2.45, 2.75) is 70.4 Å². The third-order valence-electron chi connectivity index (χ3n) is 8.63. The van der Waals surface area contributed by atoms with Crippen LogP contribution in [0.4, 0.5) is 5.95 Å². The zero-order valence-electron chi connectivity index (χ0n) is 18.8. The van der Waals surface area contributed by atoms with Gasteiger partial charge in [0.1, 0.15) is 6.23 Å². The maximum atomic E-state index is 6.79. The van der Waals surface area contributed by atoms with Crippen molar-refractivity contribution in [3.8, 4) is 0 Å². The molecule has 1 aromatic rings. The normalized spacial score (nSPS) is 47.6. The lowest BCUT2D eigenvalue weighted by Gasteiger charge is -2.61. The number of ether oxygens (including phenoxy) is 2. The van der Waals surface area contributed by atoms with Crippen LogP contribution >= 0.6 is 0 Å². The van der Waals surface area contributed by atoms with E-state index in [1.165, 1.54) is 6.42 Å². The van der Waals surface area contributed by atoms with E-state index in [4.69, 9.17) is 19.2 Å². The first-order valence-electron chi connectivity index (χ1n) is 12.0. The van der Waals surface area contributed by atoms with Crippen molar-refractivity contribution in [1.82, 2.24) is 14.9 Å². The Hall–Kier alpha value is -1.32. The minimum absolute atomic E-state index is 0.0278. The number of anilines is 1. The van der Waals surface area contributed by atoms with E-state index in [0.717, 1.165) is 51.4 Å². The summed E-state index contributed by atoms with van der Waals surface area (Å²) in [7, 11) is 0. The Morgan fingerprint density at radius 1 is 0.968 bits per heavy atom. The van der Waals surface area contributed by atoms with E-state index in [0.29, 0.717) is 23.7 Å². The highest BCUT2D eigenvalue weighted by atomic mass is 17.3. The Morgan fingerprint density at radius 3 is 2.52 bits per heavy atom. The number of rotatable bonds is 2. The molecule has 1 aliphatic carbocycles. The molecule has 1 spiro atoms. The molecule has 5 saturated heterocycles. The molecule has 1 aromatic heterocycles. The number of piperazine rings is 1. The van der Waals surface area contributed by atoms with Crippen molar-refractivity contribution in [2.24, 2.45) is 23.7 Å². The molecule has 8 heteroatoms. The van der Waals surface area contributed by atoms with Crippen molar-refractivity contribution in [3.63, 3.8) is 0 Å². The van der Waals surface area contributed by atoms with E-state index in [9.17, 15) is 0 Å². The molecule has 0 N–H and O–H groups in total. The smallest absolute Gasteiger partial charge is 0.225 e. The lowest BCUT2D eigenvalue weighted by Crippen LogP contribution is -2.72. The molecule has 8 atom stereocenters. The van der Waals surface area contributed by atoms with Crippen molar-refractivity contribution in [2.75, 3.05) is 31.1 Å². The van der Waals surface area contributed by atoms with Crippen LogP contribution in [0.3, 0.4) is 0 Å². The molecule has 8 nitrogen and oxygen atoms in total. The Morgan fingerprint density at radius 2 is 1.74 bits per heavy atom. The summed E-state index contributed by atoms with van der Waals surface area (Å²) in [5.74, 6) is 1.82. The molecular formula is C23H34N4O4. The molecule has 0 unspecified atom stereocenters. The van der Waals surface area contributed by atoms with Gasteiger partial charge in [-0.15, -0.1) is 0 Å². The monoisotopic (exact) mass is 430 g/mol. The van der Waals surface area contributed by atoms with Crippen LogP contribution < -0.4 is 4.90 Å². The van der Waals surface area contributed by atoms with Gasteiger partial charge in [-0.1, -0.05) is 13.8 Å². The summed E-state index contributed by atoms with van der Waals surface area (Å²) >= 11 is 0. The molecule has 31 heavy (non-hydrogen) atoms. The van der Waals surface area contributed by atoms with E-state index in [-0.39, 0.29) is 12.5 Å². The maximum absolute atomic E-state index is 6.79. The van der Waals surface area contributed by atoms with E-state index in [2.05, 4.69) is 33.6 Å². The second kappa shape index (κ2) is 7.35. The minimum Gasteiger partial charge on any atom is -0.338 e. The number of hydrogen-bond acceptors (Lipinski definition) is 8. The summed E-state index contributed by atoms with van der Waals surface area (Å²) in [5.41, 5.74) is -0.483. The van der Waals surface area contributed by atoms with Crippen LogP contribution in [0.5, 0.6) is 0 Å². The molecule has 170 valence electrons. The Balaban J connectivity index is 1.24. The van der Waals surface area contributed by atoms with Gasteiger partial charge < -0.3 is 14.4 Å². The molecule has 7 rings (SSSR count). The number of aromatic nitrogens is 2. The van der Waals surface area contributed by atoms with Gasteiger partial charge in [0.15, 0.2) is 11.9 Å². The lowest BCUT2D eigenvalue weighted by molar-refractivity contribution is -0.574. The molecule has 6 aliphatic rings. The summed E-state index contributed by atoms with van der Waals surface area (Å²) in [6.07, 6.45) is 7.57. The summed E-state index contributed by atoms with van der Waals surface area (Å²) in [6, 6.07) is 1.86. The first kappa shape index (κ1) is 20.3. The molecule has 2 bridgehead atoms. The van der Waals surface area contributed by atoms with Gasteiger partial charge in [-0.25, -0.2) is 19.7 Å². The highest BCUT2D eigenvalue weighted by molar-refractivity contribution is 5.29.